The van der Waals surface area contributed by atoms with E-state index in [0.717, 1.165) is 53.4 Å². The van der Waals surface area contributed by atoms with Gasteiger partial charge in [-0.25, -0.2) is 9.97 Å². The zero-order valence-electron chi connectivity index (χ0n) is 15.9. The maximum Gasteiger partial charge on any atom is 0.162 e. The van der Waals surface area contributed by atoms with Crippen molar-refractivity contribution in [2.24, 2.45) is 0 Å². The molecular weight excluding hydrogens is 322 g/mol. The lowest BCUT2D eigenvalue weighted by molar-refractivity contribution is 0.340. The van der Waals surface area contributed by atoms with E-state index < -0.39 is 0 Å². The van der Waals surface area contributed by atoms with Crippen molar-refractivity contribution in [3.05, 3.63) is 48.5 Å². The van der Waals surface area contributed by atoms with Crippen LogP contribution in [0.4, 0.5) is 5.82 Å². The number of hydrogen-bond donors (Lipinski definition) is 0. The third kappa shape index (κ3) is 3.96. The summed E-state index contributed by atoms with van der Waals surface area (Å²) in [5.41, 5.74) is 1.99. The van der Waals surface area contributed by atoms with Gasteiger partial charge in [0.05, 0.1) is 12.1 Å². The Morgan fingerprint density at radius 2 is 1.69 bits per heavy atom. The van der Waals surface area contributed by atoms with E-state index in [1.165, 1.54) is 6.42 Å². The Morgan fingerprint density at radius 3 is 2.38 bits per heavy atom. The highest BCUT2D eigenvalue weighted by atomic mass is 16.5. The molecule has 0 spiro atoms. The summed E-state index contributed by atoms with van der Waals surface area (Å²) >= 11 is 0. The molecule has 0 unspecified atom stereocenters. The van der Waals surface area contributed by atoms with Crippen LogP contribution in [0.5, 0.6) is 5.75 Å². The Hall–Kier alpha value is -2.62. The van der Waals surface area contributed by atoms with Gasteiger partial charge in [-0.1, -0.05) is 25.5 Å². The second-order valence-electron chi connectivity index (χ2n) is 6.28. The van der Waals surface area contributed by atoms with Gasteiger partial charge >= 0.3 is 0 Å². The molecule has 0 saturated heterocycles. The number of fused-ring (bicyclic) bond motifs is 1. The number of nitrogens with zero attached hydrogens (tertiary/aromatic N) is 3. The molecule has 0 N–H and O–H groups in total. The van der Waals surface area contributed by atoms with E-state index >= 15 is 0 Å². The van der Waals surface area contributed by atoms with Crippen LogP contribution < -0.4 is 9.64 Å². The molecule has 3 rings (SSSR count). The van der Waals surface area contributed by atoms with Gasteiger partial charge in [-0.05, 0) is 56.7 Å². The molecule has 0 aliphatic heterocycles. The van der Waals surface area contributed by atoms with E-state index in [1.54, 1.807) is 0 Å². The van der Waals surface area contributed by atoms with Crippen molar-refractivity contribution in [2.75, 3.05) is 24.6 Å². The third-order valence-electron chi connectivity index (χ3n) is 4.47. The largest absolute Gasteiger partial charge is 0.494 e. The van der Waals surface area contributed by atoms with Crippen LogP contribution in [-0.2, 0) is 0 Å². The van der Waals surface area contributed by atoms with Crippen LogP contribution in [0.2, 0.25) is 0 Å². The van der Waals surface area contributed by atoms with Crippen LogP contribution in [0.1, 0.15) is 33.6 Å². The molecule has 136 valence electrons. The normalized spacial score (nSPS) is 10.9. The number of rotatable bonds is 8. The second-order valence-corrected chi connectivity index (χ2v) is 6.28. The van der Waals surface area contributed by atoms with Crippen LogP contribution in [0, 0.1) is 0 Å². The molecule has 1 aromatic heterocycles. The SMILES string of the molecule is CCCCN(CC)c1nc(-c2ccc(OCC)cc2)nc2ccccc12. The second kappa shape index (κ2) is 8.65. The van der Waals surface area contributed by atoms with E-state index in [2.05, 4.69) is 36.9 Å². The van der Waals surface area contributed by atoms with Crippen LogP contribution in [0.25, 0.3) is 22.3 Å². The lowest BCUT2D eigenvalue weighted by atomic mass is 10.1. The van der Waals surface area contributed by atoms with Crippen molar-refractivity contribution in [2.45, 2.75) is 33.6 Å². The van der Waals surface area contributed by atoms with Gasteiger partial charge in [0.1, 0.15) is 11.6 Å². The number of benzene rings is 2. The van der Waals surface area contributed by atoms with Gasteiger partial charge in [0.2, 0.25) is 0 Å². The van der Waals surface area contributed by atoms with E-state index in [4.69, 9.17) is 14.7 Å². The molecule has 0 saturated carbocycles. The van der Waals surface area contributed by atoms with Gasteiger partial charge in [0.15, 0.2) is 5.82 Å². The molecule has 0 bridgehead atoms. The minimum atomic E-state index is 0.666. The average Bonchev–Trinajstić information content (AvgIpc) is 2.69. The molecule has 0 amide bonds. The number of hydrogen-bond acceptors (Lipinski definition) is 4. The highest BCUT2D eigenvalue weighted by molar-refractivity contribution is 5.91. The number of aromatic nitrogens is 2. The quantitative estimate of drug-likeness (QED) is 0.551. The monoisotopic (exact) mass is 349 g/mol. The van der Waals surface area contributed by atoms with E-state index in [1.807, 2.05) is 37.3 Å². The van der Waals surface area contributed by atoms with Crippen molar-refractivity contribution in [1.29, 1.82) is 0 Å². The van der Waals surface area contributed by atoms with Crippen molar-refractivity contribution in [3.8, 4) is 17.1 Å². The molecule has 2 aromatic carbocycles. The zero-order chi connectivity index (χ0) is 18.4. The first-order valence-electron chi connectivity index (χ1n) is 9.51. The summed E-state index contributed by atoms with van der Waals surface area (Å²) in [5, 5.41) is 1.11. The van der Waals surface area contributed by atoms with Crippen LogP contribution in [-0.4, -0.2) is 29.7 Å². The van der Waals surface area contributed by atoms with Gasteiger partial charge in [-0.3, -0.25) is 0 Å². The Morgan fingerprint density at radius 1 is 0.923 bits per heavy atom. The summed E-state index contributed by atoms with van der Waals surface area (Å²) in [5.74, 6) is 2.66. The van der Waals surface area contributed by atoms with Gasteiger partial charge in [0, 0.05) is 24.0 Å². The third-order valence-corrected chi connectivity index (χ3v) is 4.47. The van der Waals surface area contributed by atoms with Crippen molar-refractivity contribution in [1.82, 2.24) is 9.97 Å². The molecule has 0 fully saturated rings. The predicted octanol–water partition coefficient (Wildman–Crippen LogP) is 5.32. The molecule has 0 aliphatic carbocycles. The fraction of sp³-hybridized carbons (Fsp3) is 0.364. The fourth-order valence-electron chi connectivity index (χ4n) is 3.06. The summed E-state index contributed by atoms with van der Waals surface area (Å²) in [6.45, 7) is 9.00. The van der Waals surface area contributed by atoms with Gasteiger partial charge in [-0.2, -0.15) is 0 Å². The Labute approximate surface area is 155 Å². The molecule has 4 heteroatoms. The first kappa shape index (κ1) is 18.2. The highest BCUT2D eigenvalue weighted by Gasteiger charge is 2.14. The standard InChI is InChI=1S/C22H27N3O/c1-4-7-16-25(5-2)22-19-10-8-9-11-20(19)23-21(24-22)17-12-14-18(15-13-17)26-6-3/h8-15H,4-7,16H2,1-3H3. The lowest BCUT2D eigenvalue weighted by Crippen LogP contribution is -2.25. The fourth-order valence-corrected chi connectivity index (χ4v) is 3.06. The number of anilines is 1. The van der Waals surface area contributed by atoms with Crippen LogP contribution in [0.3, 0.4) is 0 Å². The zero-order valence-corrected chi connectivity index (χ0v) is 15.9. The maximum atomic E-state index is 5.54. The molecule has 0 radical (unpaired) electrons. The van der Waals surface area contributed by atoms with E-state index in [9.17, 15) is 0 Å². The highest BCUT2D eigenvalue weighted by Crippen LogP contribution is 2.28. The molecular formula is C22H27N3O. The minimum Gasteiger partial charge on any atom is -0.494 e. The van der Waals surface area contributed by atoms with Gasteiger partial charge in [-0.15, -0.1) is 0 Å². The van der Waals surface area contributed by atoms with Crippen molar-refractivity contribution < 1.29 is 4.74 Å². The van der Waals surface area contributed by atoms with Gasteiger partial charge < -0.3 is 9.64 Å². The first-order chi connectivity index (χ1) is 12.8. The summed E-state index contributed by atoms with van der Waals surface area (Å²) in [6, 6.07) is 16.3. The van der Waals surface area contributed by atoms with E-state index in [0.29, 0.717) is 6.61 Å². The number of ether oxygens (including phenoxy) is 1. The summed E-state index contributed by atoms with van der Waals surface area (Å²) in [4.78, 5) is 12.1. The lowest BCUT2D eigenvalue weighted by Gasteiger charge is -2.23. The predicted molar refractivity (Wildman–Crippen MR) is 109 cm³/mol. The molecule has 4 nitrogen and oxygen atoms in total. The molecule has 26 heavy (non-hydrogen) atoms. The Balaban J connectivity index is 2.06. The first-order valence-corrected chi connectivity index (χ1v) is 9.51. The van der Waals surface area contributed by atoms with E-state index in [-0.39, 0.29) is 0 Å². The number of para-hydroxylation sites is 1. The van der Waals surface area contributed by atoms with Crippen molar-refractivity contribution in [3.63, 3.8) is 0 Å². The summed E-state index contributed by atoms with van der Waals surface area (Å²) in [7, 11) is 0. The van der Waals surface area contributed by atoms with Gasteiger partial charge in [0.25, 0.3) is 0 Å². The Kier molecular flexibility index (Phi) is 6.05. The molecule has 3 aromatic rings. The molecule has 0 aliphatic rings. The topological polar surface area (TPSA) is 38.2 Å². The number of unbranched alkanes of at least 4 members (excludes halogenated alkanes) is 1. The average molecular weight is 349 g/mol. The molecule has 1 heterocycles. The summed E-state index contributed by atoms with van der Waals surface area (Å²) < 4.78 is 5.54. The Bertz CT molecular complexity index is 846. The van der Waals surface area contributed by atoms with Crippen LogP contribution in [0.15, 0.2) is 48.5 Å². The summed E-state index contributed by atoms with van der Waals surface area (Å²) in [6.07, 6.45) is 2.33. The van der Waals surface area contributed by atoms with Crippen LogP contribution >= 0.6 is 0 Å². The smallest absolute Gasteiger partial charge is 0.162 e. The minimum absolute atomic E-state index is 0.666. The van der Waals surface area contributed by atoms with Crippen molar-refractivity contribution >= 4 is 16.7 Å². The molecule has 0 atom stereocenters. The maximum absolute atomic E-state index is 5.54.